The van der Waals surface area contributed by atoms with E-state index in [-0.39, 0.29) is 5.56 Å². The van der Waals surface area contributed by atoms with Crippen molar-refractivity contribution in [2.24, 2.45) is 5.92 Å². The summed E-state index contributed by atoms with van der Waals surface area (Å²) in [6.45, 7) is 1.94. The summed E-state index contributed by atoms with van der Waals surface area (Å²) in [6.07, 6.45) is 9.50. The lowest BCUT2D eigenvalue weighted by Gasteiger charge is -2.33. The van der Waals surface area contributed by atoms with Gasteiger partial charge in [-0.1, -0.05) is 15.9 Å². The lowest BCUT2D eigenvalue weighted by atomic mass is 9.96. The Morgan fingerprint density at radius 2 is 2.21 bits per heavy atom. The highest BCUT2D eigenvalue weighted by Crippen LogP contribution is 2.33. The second kappa shape index (κ2) is 5.65. The van der Waals surface area contributed by atoms with Crippen LogP contribution in [0.5, 0.6) is 0 Å². The Morgan fingerprint density at radius 3 is 2.95 bits per heavy atom. The molecule has 5 heteroatoms. The van der Waals surface area contributed by atoms with Gasteiger partial charge in [-0.2, -0.15) is 0 Å². The number of hydrogen-bond acceptors (Lipinski definition) is 3. The van der Waals surface area contributed by atoms with Gasteiger partial charge in [0.15, 0.2) is 5.82 Å². The Labute approximate surface area is 122 Å². The van der Waals surface area contributed by atoms with E-state index in [2.05, 4.69) is 25.8 Å². The first-order valence-corrected chi connectivity index (χ1v) is 8.30. The maximum atomic E-state index is 12.5. The summed E-state index contributed by atoms with van der Waals surface area (Å²) >= 11 is 3.51. The van der Waals surface area contributed by atoms with Crippen molar-refractivity contribution >= 4 is 21.7 Å². The van der Waals surface area contributed by atoms with Gasteiger partial charge >= 0.3 is 0 Å². The number of anilines is 1. The lowest BCUT2D eigenvalue weighted by molar-refractivity contribution is 0.404. The van der Waals surface area contributed by atoms with Crippen molar-refractivity contribution in [2.45, 2.75) is 38.1 Å². The summed E-state index contributed by atoms with van der Waals surface area (Å²) < 4.78 is 1.87. The fraction of sp³-hybridized carbons (Fsp3) is 0.714. The number of nitrogens with zero attached hydrogens (tertiary/aromatic N) is 3. The number of piperidine rings is 1. The Morgan fingerprint density at radius 1 is 1.37 bits per heavy atom. The Bertz CT molecular complexity index is 496. The van der Waals surface area contributed by atoms with Gasteiger partial charge in [0.2, 0.25) is 0 Å². The molecular formula is C14H20BrN3O. The number of aromatic nitrogens is 2. The van der Waals surface area contributed by atoms with E-state index in [4.69, 9.17) is 0 Å². The summed E-state index contributed by atoms with van der Waals surface area (Å²) in [5.74, 6) is 1.34. The quantitative estimate of drug-likeness (QED) is 0.798. The van der Waals surface area contributed by atoms with E-state index in [1.807, 2.05) is 10.8 Å². The normalized spacial score (nSPS) is 23.6. The topological polar surface area (TPSA) is 38.1 Å². The molecule has 0 N–H and O–H groups in total. The molecule has 4 nitrogen and oxygen atoms in total. The molecule has 1 aliphatic heterocycles. The van der Waals surface area contributed by atoms with E-state index < -0.39 is 0 Å². The van der Waals surface area contributed by atoms with Crippen LogP contribution in [0.4, 0.5) is 5.82 Å². The average Bonchev–Trinajstić information content (AvgIpc) is 3.24. The van der Waals surface area contributed by atoms with Gasteiger partial charge in [0.1, 0.15) is 0 Å². The first-order valence-electron chi connectivity index (χ1n) is 7.17. The average molecular weight is 326 g/mol. The van der Waals surface area contributed by atoms with Gasteiger partial charge in [-0.15, -0.1) is 0 Å². The van der Waals surface area contributed by atoms with Crippen molar-refractivity contribution in [3.05, 3.63) is 22.7 Å². The van der Waals surface area contributed by atoms with Gasteiger partial charge in [-0.25, -0.2) is 4.98 Å². The Kier molecular flexibility index (Phi) is 3.91. The summed E-state index contributed by atoms with van der Waals surface area (Å²) in [5.41, 5.74) is 0.101. The maximum absolute atomic E-state index is 12.5. The molecule has 0 bridgehead atoms. The summed E-state index contributed by atoms with van der Waals surface area (Å²) in [5, 5.41) is 1.04. The second-order valence-corrected chi connectivity index (χ2v) is 6.42. The van der Waals surface area contributed by atoms with Crippen molar-refractivity contribution in [3.63, 3.8) is 0 Å². The molecule has 2 aliphatic rings. The third-order valence-corrected chi connectivity index (χ3v) is 4.58. The van der Waals surface area contributed by atoms with E-state index in [0.29, 0.717) is 17.8 Å². The monoisotopic (exact) mass is 325 g/mol. The van der Waals surface area contributed by atoms with Gasteiger partial charge < -0.3 is 9.47 Å². The van der Waals surface area contributed by atoms with Crippen LogP contribution in [-0.2, 0) is 0 Å². The molecule has 3 rings (SSSR count). The van der Waals surface area contributed by atoms with Gasteiger partial charge in [0, 0.05) is 36.9 Å². The molecule has 1 aliphatic carbocycles. The fourth-order valence-corrected chi connectivity index (χ4v) is 3.57. The Balaban J connectivity index is 1.81. The van der Waals surface area contributed by atoms with Crippen molar-refractivity contribution in [1.29, 1.82) is 0 Å². The number of hydrogen-bond donors (Lipinski definition) is 0. The Hall–Kier alpha value is -0.840. The summed E-state index contributed by atoms with van der Waals surface area (Å²) in [6, 6.07) is 0.428. The highest BCUT2D eigenvalue weighted by atomic mass is 79.9. The maximum Gasteiger partial charge on any atom is 0.293 e. The van der Waals surface area contributed by atoms with Crippen molar-refractivity contribution in [3.8, 4) is 0 Å². The van der Waals surface area contributed by atoms with Crippen molar-refractivity contribution < 1.29 is 0 Å². The molecule has 19 heavy (non-hydrogen) atoms. The molecule has 1 saturated carbocycles. The first-order chi connectivity index (χ1) is 9.29. The van der Waals surface area contributed by atoms with Crippen LogP contribution < -0.4 is 10.5 Å². The standard InChI is InChI=1S/C14H20BrN3O/c15-6-5-11-2-1-8-17(10-11)13-14(19)18(9-7-16-13)12-3-4-12/h7,9,11-12H,1-6,8,10H2. The minimum Gasteiger partial charge on any atom is -0.352 e. The van der Waals surface area contributed by atoms with Gasteiger partial charge in [0.05, 0.1) is 0 Å². The van der Waals surface area contributed by atoms with Crippen LogP contribution in [0.15, 0.2) is 17.2 Å². The number of halogens is 1. The highest BCUT2D eigenvalue weighted by molar-refractivity contribution is 9.09. The van der Waals surface area contributed by atoms with Crippen LogP contribution in [0, 0.1) is 5.92 Å². The molecule has 0 spiro atoms. The van der Waals surface area contributed by atoms with E-state index in [1.165, 1.54) is 12.8 Å². The van der Waals surface area contributed by atoms with Gasteiger partial charge in [-0.05, 0) is 38.0 Å². The molecule has 2 heterocycles. The molecule has 0 amide bonds. The van der Waals surface area contributed by atoms with Crippen LogP contribution in [0.2, 0.25) is 0 Å². The zero-order valence-electron chi connectivity index (χ0n) is 11.1. The number of alkyl halides is 1. The van der Waals surface area contributed by atoms with Gasteiger partial charge in [0.25, 0.3) is 5.56 Å². The van der Waals surface area contributed by atoms with Crippen molar-refractivity contribution in [2.75, 3.05) is 23.3 Å². The van der Waals surface area contributed by atoms with Crippen molar-refractivity contribution in [1.82, 2.24) is 9.55 Å². The predicted molar refractivity (Wildman–Crippen MR) is 80.1 cm³/mol. The third kappa shape index (κ3) is 2.86. The SMILES string of the molecule is O=c1c(N2CCCC(CCBr)C2)nccn1C1CC1. The molecule has 1 aromatic heterocycles. The van der Waals surface area contributed by atoms with Crippen LogP contribution in [0.1, 0.15) is 38.1 Å². The number of rotatable bonds is 4. The van der Waals surface area contributed by atoms with Gasteiger partial charge in [-0.3, -0.25) is 4.79 Å². The molecule has 104 valence electrons. The van der Waals surface area contributed by atoms with Crippen LogP contribution in [0.3, 0.4) is 0 Å². The largest absolute Gasteiger partial charge is 0.352 e. The minimum atomic E-state index is 0.101. The van der Waals surface area contributed by atoms with E-state index in [9.17, 15) is 4.79 Å². The minimum absolute atomic E-state index is 0.101. The van der Waals surface area contributed by atoms with E-state index in [0.717, 1.165) is 37.7 Å². The second-order valence-electron chi connectivity index (χ2n) is 5.63. The first kappa shape index (κ1) is 13.2. The lowest BCUT2D eigenvalue weighted by Crippen LogP contribution is -2.40. The molecule has 0 aromatic carbocycles. The zero-order chi connectivity index (χ0) is 13.2. The highest BCUT2D eigenvalue weighted by Gasteiger charge is 2.28. The van der Waals surface area contributed by atoms with E-state index >= 15 is 0 Å². The zero-order valence-corrected chi connectivity index (χ0v) is 12.7. The summed E-state index contributed by atoms with van der Waals surface area (Å²) in [4.78, 5) is 19.0. The molecule has 1 saturated heterocycles. The summed E-state index contributed by atoms with van der Waals surface area (Å²) in [7, 11) is 0. The van der Waals surface area contributed by atoms with Crippen LogP contribution >= 0.6 is 15.9 Å². The van der Waals surface area contributed by atoms with Crippen LogP contribution in [-0.4, -0.2) is 28.0 Å². The van der Waals surface area contributed by atoms with Crippen LogP contribution in [0.25, 0.3) is 0 Å². The molecule has 1 atom stereocenters. The smallest absolute Gasteiger partial charge is 0.293 e. The van der Waals surface area contributed by atoms with E-state index in [1.54, 1.807) is 6.20 Å². The molecule has 1 aromatic rings. The molecule has 1 unspecified atom stereocenters. The molecule has 2 fully saturated rings. The third-order valence-electron chi connectivity index (χ3n) is 4.13. The predicted octanol–water partition coefficient (Wildman–Crippen LogP) is 2.58. The molecular weight excluding hydrogens is 306 g/mol. The molecule has 0 radical (unpaired) electrons. The fourth-order valence-electron chi connectivity index (χ4n) is 2.92.